The van der Waals surface area contributed by atoms with Crippen LogP contribution in [0, 0.1) is 0 Å². The Morgan fingerprint density at radius 1 is 1.04 bits per heavy atom. The average molecular weight is 398 g/mol. The highest BCUT2D eigenvalue weighted by molar-refractivity contribution is 7.15. The van der Waals surface area contributed by atoms with E-state index in [1.165, 1.54) is 32.1 Å². The molecule has 0 atom stereocenters. The molecule has 1 saturated carbocycles. The number of piperazine rings is 1. The van der Waals surface area contributed by atoms with Gasteiger partial charge in [0.1, 0.15) is 5.01 Å². The molecule has 2 heterocycles. The number of hydrogen-bond donors (Lipinski definition) is 0. The molecule has 0 N–H and O–H groups in total. The summed E-state index contributed by atoms with van der Waals surface area (Å²) in [5.41, 5.74) is 0. The summed E-state index contributed by atoms with van der Waals surface area (Å²) in [6.07, 6.45) is 6.36. The number of carbonyl (C=O) groups is 1. The third-order valence-corrected chi connectivity index (χ3v) is 6.10. The van der Waals surface area contributed by atoms with Crippen LogP contribution in [0.4, 0.5) is 5.13 Å². The van der Waals surface area contributed by atoms with Crippen LogP contribution in [-0.2, 0) is 4.79 Å². The van der Waals surface area contributed by atoms with Crippen LogP contribution in [-0.4, -0.2) is 51.0 Å². The van der Waals surface area contributed by atoms with E-state index in [1.807, 2.05) is 0 Å². The van der Waals surface area contributed by atoms with Crippen molar-refractivity contribution in [3.05, 3.63) is 5.01 Å². The summed E-state index contributed by atoms with van der Waals surface area (Å²) in [6, 6.07) is 0. The van der Waals surface area contributed by atoms with E-state index in [4.69, 9.17) is 34.8 Å². The SMILES string of the molecule is O=C(N1CCN(c2nnc(C3CCCCC3)s2)CC1)C(Cl)(Cl)Cl. The highest BCUT2D eigenvalue weighted by atomic mass is 35.6. The van der Waals surface area contributed by atoms with Gasteiger partial charge in [0.05, 0.1) is 0 Å². The number of hydrogen-bond acceptors (Lipinski definition) is 5. The van der Waals surface area contributed by atoms with E-state index in [0.717, 1.165) is 10.1 Å². The highest BCUT2D eigenvalue weighted by Gasteiger charge is 2.36. The van der Waals surface area contributed by atoms with Crippen LogP contribution in [0.15, 0.2) is 0 Å². The molecule has 0 spiro atoms. The maximum atomic E-state index is 12.0. The van der Waals surface area contributed by atoms with Crippen molar-refractivity contribution >= 4 is 57.2 Å². The summed E-state index contributed by atoms with van der Waals surface area (Å²) in [5.74, 6) is 0.115. The first-order chi connectivity index (χ1) is 10.9. The van der Waals surface area contributed by atoms with Crippen molar-refractivity contribution in [2.24, 2.45) is 0 Å². The predicted molar refractivity (Wildman–Crippen MR) is 94.8 cm³/mol. The molecule has 0 radical (unpaired) electrons. The van der Waals surface area contributed by atoms with Gasteiger partial charge < -0.3 is 9.80 Å². The maximum Gasteiger partial charge on any atom is 0.274 e. The Bertz CT molecular complexity index is 548. The van der Waals surface area contributed by atoms with Crippen LogP contribution >= 0.6 is 46.1 Å². The highest BCUT2D eigenvalue weighted by Crippen LogP contribution is 2.36. The smallest absolute Gasteiger partial charge is 0.274 e. The van der Waals surface area contributed by atoms with E-state index in [0.29, 0.717) is 32.1 Å². The summed E-state index contributed by atoms with van der Waals surface area (Å²) in [5, 5.41) is 10.8. The van der Waals surface area contributed by atoms with Gasteiger partial charge in [0, 0.05) is 32.1 Å². The Morgan fingerprint density at radius 3 is 2.30 bits per heavy atom. The van der Waals surface area contributed by atoms with Gasteiger partial charge in [0.2, 0.25) is 5.13 Å². The van der Waals surface area contributed by atoms with E-state index in [1.54, 1.807) is 16.2 Å². The van der Waals surface area contributed by atoms with E-state index in [9.17, 15) is 4.79 Å². The second-order valence-corrected chi connectivity index (χ2v) is 9.30. The second-order valence-electron chi connectivity index (χ2n) is 6.03. The lowest BCUT2D eigenvalue weighted by molar-refractivity contribution is -0.130. The first-order valence-corrected chi connectivity index (χ1v) is 9.84. The zero-order chi connectivity index (χ0) is 16.4. The van der Waals surface area contributed by atoms with Gasteiger partial charge in [-0.2, -0.15) is 0 Å². The predicted octanol–water partition coefficient (Wildman–Crippen LogP) is 3.60. The lowest BCUT2D eigenvalue weighted by atomic mass is 9.90. The van der Waals surface area contributed by atoms with E-state index >= 15 is 0 Å². The Hall–Kier alpha value is -0.300. The van der Waals surface area contributed by atoms with E-state index < -0.39 is 9.70 Å². The summed E-state index contributed by atoms with van der Waals surface area (Å²) in [7, 11) is 0. The number of alkyl halides is 3. The monoisotopic (exact) mass is 396 g/mol. The Labute approximate surface area is 154 Å². The molecule has 0 aromatic carbocycles. The number of carbonyl (C=O) groups excluding carboxylic acids is 1. The zero-order valence-electron chi connectivity index (χ0n) is 12.7. The third kappa shape index (κ3) is 4.21. The van der Waals surface area contributed by atoms with Gasteiger partial charge in [-0.15, -0.1) is 10.2 Å². The number of amides is 1. The second kappa shape index (κ2) is 7.30. The molecule has 1 amide bonds. The third-order valence-electron chi connectivity index (χ3n) is 4.46. The molecule has 9 heteroatoms. The summed E-state index contributed by atoms with van der Waals surface area (Å²) < 4.78 is -1.88. The molecule has 2 fully saturated rings. The minimum absolute atomic E-state index is 0.456. The van der Waals surface area contributed by atoms with Gasteiger partial charge in [0.25, 0.3) is 9.70 Å². The van der Waals surface area contributed by atoms with Crippen molar-refractivity contribution in [3.8, 4) is 0 Å². The topological polar surface area (TPSA) is 49.3 Å². The summed E-state index contributed by atoms with van der Waals surface area (Å²) >= 11 is 18.7. The standard InChI is InChI=1S/C14H19Cl3N4OS/c15-14(16,17)12(22)20-6-8-21(9-7-20)13-19-18-11(23-13)10-4-2-1-3-5-10/h10H,1-9H2. The van der Waals surface area contributed by atoms with Crippen LogP contribution in [0.25, 0.3) is 0 Å². The zero-order valence-corrected chi connectivity index (χ0v) is 15.8. The van der Waals surface area contributed by atoms with Crippen molar-refractivity contribution in [1.29, 1.82) is 0 Å². The summed E-state index contributed by atoms with van der Waals surface area (Å²) in [4.78, 5) is 15.7. The Kier molecular flexibility index (Phi) is 5.56. The molecule has 1 aromatic rings. The molecular formula is C14H19Cl3N4OS. The first kappa shape index (κ1) is 17.5. The normalized spacial score (nSPS) is 20.8. The Morgan fingerprint density at radius 2 is 1.70 bits per heavy atom. The molecule has 1 saturated heterocycles. The number of anilines is 1. The van der Waals surface area contributed by atoms with Crippen molar-refractivity contribution in [1.82, 2.24) is 15.1 Å². The van der Waals surface area contributed by atoms with E-state index in [2.05, 4.69) is 15.1 Å². The molecule has 0 bridgehead atoms. The molecule has 2 aliphatic rings. The van der Waals surface area contributed by atoms with Gasteiger partial charge in [-0.25, -0.2) is 0 Å². The van der Waals surface area contributed by atoms with Gasteiger partial charge in [0.15, 0.2) is 0 Å². The van der Waals surface area contributed by atoms with Crippen LogP contribution < -0.4 is 4.90 Å². The molecule has 5 nitrogen and oxygen atoms in total. The quantitative estimate of drug-likeness (QED) is 0.715. The van der Waals surface area contributed by atoms with Crippen molar-refractivity contribution in [3.63, 3.8) is 0 Å². The molecule has 23 heavy (non-hydrogen) atoms. The molecular weight excluding hydrogens is 379 g/mol. The first-order valence-electron chi connectivity index (χ1n) is 7.89. The molecule has 3 rings (SSSR count). The number of nitrogens with zero attached hydrogens (tertiary/aromatic N) is 4. The van der Waals surface area contributed by atoms with Gasteiger partial charge >= 0.3 is 0 Å². The van der Waals surface area contributed by atoms with Crippen LogP contribution in [0.5, 0.6) is 0 Å². The molecule has 0 unspecified atom stereocenters. The fraction of sp³-hybridized carbons (Fsp3) is 0.786. The minimum Gasteiger partial charge on any atom is -0.343 e. The van der Waals surface area contributed by atoms with Gasteiger partial charge in [-0.05, 0) is 12.8 Å². The fourth-order valence-corrected chi connectivity index (χ4v) is 4.57. The van der Waals surface area contributed by atoms with Crippen LogP contribution in [0.3, 0.4) is 0 Å². The molecule has 1 aliphatic heterocycles. The van der Waals surface area contributed by atoms with Crippen molar-refractivity contribution in [2.45, 2.75) is 41.8 Å². The molecule has 1 aromatic heterocycles. The average Bonchev–Trinajstić information content (AvgIpc) is 3.04. The molecule has 128 valence electrons. The number of rotatable bonds is 2. The maximum absolute atomic E-state index is 12.0. The number of halogens is 3. The number of aromatic nitrogens is 2. The lowest BCUT2D eigenvalue weighted by Crippen LogP contribution is -2.51. The minimum atomic E-state index is -1.88. The van der Waals surface area contributed by atoms with Crippen molar-refractivity contribution < 1.29 is 4.79 Å². The van der Waals surface area contributed by atoms with E-state index in [-0.39, 0.29) is 0 Å². The molecule has 1 aliphatic carbocycles. The van der Waals surface area contributed by atoms with Crippen LogP contribution in [0.1, 0.15) is 43.0 Å². The van der Waals surface area contributed by atoms with Gasteiger partial charge in [-0.3, -0.25) is 4.79 Å². The Balaban J connectivity index is 1.58. The van der Waals surface area contributed by atoms with Crippen LogP contribution in [0.2, 0.25) is 0 Å². The van der Waals surface area contributed by atoms with Crippen molar-refractivity contribution in [2.75, 3.05) is 31.1 Å². The lowest BCUT2D eigenvalue weighted by Gasteiger charge is -2.35. The summed E-state index contributed by atoms with van der Waals surface area (Å²) in [6.45, 7) is 2.44. The largest absolute Gasteiger partial charge is 0.343 e. The van der Waals surface area contributed by atoms with Gasteiger partial charge in [-0.1, -0.05) is 65.4 Å². The fourth-order valence-electron chi connectivity index (χ4n) is 3.15.